The monoisotopic (exact) mass is 321 g/mol. The van der Waals surface area contributed by atoms with Crippen molar-refractivity contribution in [3.63, 3.8) is 0 Å². The predicted molar refractivity (Wildman–Crippen MR) is 99.9 cm³/mol. The van der Waals surface area contributed by atoms with Crippen LogP contribution in [0.25, 0.3) is 10.9 Å². The molecular weight excluding hydrogens is 294 g/mol. The van der Waals surface area contributed by atoms with Crippen LogP contribution >= 0.6 is 0 Å². The van der Waals surface area contributed by atoms with Gasteiger partial charge in [-0.15, -0.1) is 0 Å². The molecule has 0 spiro atoms. The van der Waals surface area contributed by atoms with Crippen molar-refractivity contribution in [1.82, 2.24) is 9.88 Å². The molecule has 1 aliphatic carbocycles. The van der Waals surface area contributed by atoms with Crippen LogP contribution in [-0.2, 0) is 12.8 Å². The summed E-state index contributed by atoms with van der Waals surface area (Å²) >= 11 is 0. The summed E-state index contributed by atoms with van der Waals surface area (Å²) in [6.45, 7) is 7.13. The fraction of sp³-hybridized carbons (Fsp3) is 0.571. The SMILES string of the molecule is Cc1cc(N2CCCN3CCC[C@H]3C2)nc2cc3c(cc12)CCC3. The maximum absolute atomic E-state index is 5.10. The molecule has 1 aromatic heterocycles. The lowest BCUT2D eigenvalue weighted by atomic mass is 10.0. The number of nitrogens with zero attached hydrogens (tertiary/aromatic N) is 3. The molecule has 0 N–H and O–H groups in total. The van der Waals surface area contributed by atoms with Gasteiger partial charge in [0.25, 0.3) is 0 Å². The van der Waals surface area contributed by atoms with Crippen molar-refractivity contribution in [2.45, 2.75) is 51.5 Å². The van der Waals surface area contributed by atoms with Crippen molar-refractivity contribution in [3.8, 4) is 0 Å². The second-order valence-corrected chi connectivity index (χ2v) is 7.92. The van der Waals surface area contributed by atoms with Crippen LogP contribution in [0, 0.1) is 6.92 Å². The van der Waals surface area contributed by atoms with Crippen LogP contribution in [0.2, 0.25) is 0 Å². The third-order valence-electron chi connectivity index (χ3n) is 6.34. The van der Waals surface area contributed by atoms with E-state index in [9.17, 15) is 0 Å². The van der Waals surface area contributed by atoms with E-state index in [1.807, 2.05) is 0 Å². The van der Waals surface area contributed by atoms with Gasteiger partial charge >= 0.3 is 0 Å². The summed E-state index contributed by atoms with van der Waals surface area (Å²) in [7, 11) is 0. The van der Waals surface area contributed by atoms with Gasteiger partial charge in [-0.3, -0.25) is 4.90 Å². The zero-order valence-electron chi connectivity index (χ0n) is 14.7. The fourth-order valence-corrected chi connectivity index (χ4v) is 5.02. The fourth-order valence-electron chi connectivity index (χ4n) is 5.02. The maximum Gasteiger partial charge on any atom is 0.129 e. The molecule has 2 aliphatic heterocycles. The number of pyridine rings is 1. The summed E-state index contributed by atoms with van der Waals surface area (Å²) in [5, 5.41) is 1.36. The summed E-state index contributed by atoms with van der Waals surface area (Å²) in [6, 6.07) is 7.85. The average molecular weight is 321 g/mol. The van der Waals surface area contributed by atoms with E-state index in [1.54, 1.807) is 5.56 Å². The molecule has 24 heavy (non-hydrogen) atoms. The first-order valence-corrected chi connectivity index (χ1v) is 9.70. The highest BCUT2D eigenvalue weighted by molar-refractivity contribution is 5.85. The van der Waals surface area contributed by atoms with Gasteiger partial charge in [-0.1, -0.05) is 0 Å². The van der Waals surface area contributed by atoms with Crippen LogP contribution in [0.15, 0.2) is 18.2 Å². The van der Waals surface area contributed by atoms with Crippen LogP contribution in [0.3, 0.4) is 0 Å². The summed E-state index contributed by atoms with van der Waals surface area (Å²) in [5.74, 6) is 1.20. The Bertz CT molecular complexity index is 782. The van der Waals surface area contributed by atoms with Crippen LogP contribution < -0.4 is 4.90 Å². The summed E-state index contributed by atoms with van der Waals surface area (Å²) in [6.07, 6.45) is 7.78. The Morgan fingerprint density at radius 3 is 2.71 bits per heavy atom. The standard InChI is InChI=1S/C21H27N3/c1-15-11-21(24-10-4-9-23-8-3-7-18(23)14-24)22-20-13-17-6-2-5-16(17)12-19(15)20/h11-13,18H,2-10,14H2,1H3/t18-/m0/s1. The number of hydrogen-bond acceptors (Lipinski definition) is 3. The van der Waals surface area contributed by atoms with Gasteiger partial charge in [0.05, 0.1) is 5.52 Å². The predicted octanol–water partition coefficient (Wildman–Crippen LogP) is 3.71. The van der Waals surface area contributed by atoms with Gasteiger partial charge < -0.3 is 4.90 Å². The molecule has 126 valence electrons. The number of fused-ring (bicyclic) bond motifs is 3. The molecule has 2 fully saturated rings. The van der Waals surface area contributed by atoms with Crippen molar-refractivity contribution in [1.29, 1.82) is 0 Å². The molecule has 3 nitrogen and oxygen atoms in total. The van der Waals surface area contributed by atoms with E-state index in [-0.39, 0.29) is 0 Å². The third-order valence-corrected chi connectivity index (χ3v) is 6.34. The van der Waals surface area contributed by atoms with Crippen LogP contribution in [-0.4, -0.2) is 42.1 Å². The molecule has 3 heterocycles. The minimum Gasteiger partial charge on any atom is -0.355 e. The van der Waals surface area contributed by atoms with Crippen molar-refractivity contribution in [2.24, 2.45) is 0 Å². The maximum atomic E-state index is 5.10. The van der Waals surface area contributed by atoms with Gasteiger partial charge in [-0.05, 0) is 86.9 Å². The van der Waals surface area contributed by atoms with Crippen LogP contribution in [0.4, 0.5) is 5.82 Å². The number of anilines is 1. The van der Waals surface area contributed by atoms with Crippen LogP contribution in [0.1, 0.15) is 42.4 Å². The lowest BCUT2D eigenvalue weighted by molar-refractivity contribution is 0.273. The molecule has 0 radical (unpaired) electrons. The summed E-state index contributed by atoms with van der Waals surface area (Å²) in [5.41, 5.74) is 5.68. The smallest absolute Gasteiger partial charge is 0.129 e. The van der Waals surface area contributed by atoms with E-state index in [4.69, 9.17) is 4.98 Å². The molecule has 2 aromatic rings. The van der Waals surface area contributed by atoms with Crippen molar-refractivity contribution in [2.75, 3.05) is 31.1 Å². The molecule has 3 heteroatoms. The number of rotatable bonds is 1. The zero-order valence-corrected chi connectivity index (χ0v) is 14.7. The Kier molecular flexibility index (Phi) is 3.51. The Morgan fingerprint density at radius 1 is 0.958 bits per heavy atom. The average Bonchev–Trinajstić information content (AvgIpc) is 3.17. The normalized spacial score (nSPS) is 24.2. The van der Waals surface area contributed by atoms with E-state index < -0.39 is 0 Å². The van der Waals surface area contributed by atoms with E-state index in [0.717, 1.165) is 19.1 Å². The van der Waals surface area contributed by atoms with Gasteiger partial charge in [0.2, 0.25) is 0 Å². The third kappa shape index (κ3) is 2.41. The highest BCUT2D eigenvalue weighted by Crippen LogP contribution is 2.31. The first-order chi connectivity index (χ1) is 11.8. The van der Waals surface area contributed by atoms with Crippen LogP contribution in [0.5, 0.6) is 0 Å². The second kappa shape index (κ2) is 5.73. The van der Waals surface area contributed by atoms with E-state index in [0.29, 0.717) is 0 Å². The largest absolute Gasteiger partial charge is 0.355 e. The van der Waals surface area contributed by atoms with Gasteiger partial charge in [-0.25, -0.2) is 4.98 Å². The topological polar surface area (TPSA) is 19.4 Å². The zero-order chi connectivity index (χ0) is 16.1. The van der Waals surface area contributed by atoms with Gasteiger partial charge in [-0.2, -0.15) is 0 Å². The van der Waals surface area contributed by atoms with Crippen molar-refractivity contribution >= 4 is 16.7 Å². The molecule has 0 saturated carbocycles. The Hall–Kier alpha value is -1.61. The summed E-state index contributed by atoms with van der Waals surface area (Å²) in [4.78, 5) is 10.3. The number of hydrogen-bond donors (Lipinski definition) is 0. The molecule has 1 aromatic carbocycles. The first kappa shape index (κ1) is 14.7. The highest BCUT2D eigenvalue weighted by Gasteiger charge is 2.29. The first-order valence-electron chi connectivity index (χ1n) is 9.70. The molecule has 2 saturated heterocycles. The molecule has 0 amide bonds. The molecule has 1 atom stereocenters. The minimum atomic E-state index is 0.741. The summed E-state index contributed by atoms with van der Waals surface area (Å²) < 4.78 is 0. The Labute approximate surface area is 144 Å². The van der Waals surface area contributed by atoms with Gasteiger partial charge in [0, 0.05) is 31.1 Å². The quantitative estimate of drug-likeness (QED) is 0.798. The number of aromatic nitrogens is 1. The number of benzene rings is 1. The Balaban J connectivity index is 1.53. The minimum absolute atomic E-state index is 0.741. The molecule has 0 bridgehead atoms. The lowest BCUT2D eigenvalue weighted by Crippen LogP contribution is -2.37. The number of aryl methyl sites for hydroxylation is 3. The second-order valence-electron chi connectivity index (χ2n) is 7.92. The Morgan fingerprint density at radius 2 is 1.79 bits per heavy atom. The highest BCUT2D eigenvalue weighted by atomic mass is 15.3. The molecule has 0 unspecified atom stereocenters. The van der Waals surface area contributed by atoms with Gasteiger partial charge in [0.1, 0.15) is 5.82 Å². The van der Waals surface area contributed by atoms with Crippen molar-refractivity contribution in [3.05, 3.63) is 34.9 Å². The molecule has 5 rings (SSSR count). The molecular formula is C21H27N3. The lowest BCUT2D eigenvalue weighted by Gasteiger charge is -2.27. The van der Waals surface area contributed by atoms with Gasteiger partial charge in [0.15, 0.2) is 0 Å². The van der Waals surface area contributed by atoms with E-state index >= 15 is 0 Å². The molecule has 3 aliphatic rings. The van der Waals surface area contributed by atoms with E-state index in [1.165, 1.54) is 79.5 Å². The van der Waals surface area contributed by atoms with Crippen molar-refractivity contribution < 1.29 is 0 Å². The van der Waals surface area contributed by atoms with E-state index in [2.05, 4.69) is 34.9 Å².